The molecule has 0 fully saturated rings. The first kappa shape index (κ1) is 20.2. The number of hydrogen-bond donors (Lipinski definition) is 3. The Labute approximate surface area is 172 Å². The minimum Gasteiger partial charge on any atom is -0.495 e. The second-order valence-electron chi connectivity index (χ2n) is 6.05. The summed E-state index contributed by atoms with van der Waals surface area (Å²) in [5.74, 6) is -0.381. The molecule has 3 aromatic rings. The van der Waals surface area contributed by atoms with E-state index < -0.39 is 11.8 Å². The Bertz CT molecular complexity index is 1020. The van der Waals surface area contributed by atoms with Gasteiger partial charge in [-0.25, -0.2) is 4.68 Å². The molecule has 2 aromatic carbocycles. The first-order valence-electron chi connectivity index (χ1n) is 8.78. The summed E-state index contributed by atoms with van der Waals surface area (Å²) < 4.78 is 6.68. The summed E-state index contributed by atoms with van der Waals surface area (Å²) in [6.07, 6.45) is 0. The summed E-state index contributed by atoms with van der Waals surface area (Å²) in [4.78, 5) is 24.6. The predicted molar refractivity (Wildman–Crippen MR) is 110 cm³/mol. The Kier molecular flexibility index (Phi) is 6.36. The molecule has 1 heterocycles. The molecule has 3 rings (SSSR count). The molecule has 0 bridgehead atoms. The molecule has 0 aliphatic heterocycles. The number of rotatable bonds is 6. The van der Waals surface area contributed by atoms with E-state index in [0.717, 1.165) is 5.69 Å². The van der Waals surface area contributed by atoms with Gasteiger partial charge in [0, 0.05) is 0 Å². The lowest BCUT2D eigenvalue weighted by molar-refractivity contribution is -0.120. The fourth-order valence-corrected chi connectivity index (χ4v) is 3.05. The van der Waals surface area contributed by atoms with E-state index in [1.807, 2.05) is 42.5 Å². The molecule has 29 heavy (non-hydrogen) atoms. The highest BCUT2D eigenvalue weighted by Crippen LogP contribution is 2.23. The van der Waals surface area contributed by atoms with Gasteiger partial charge in [-0.05, 0) is 31.2 Å². The van der Waals surface area contributed by atoms with Crippen LogP contribution in [0.4, 0.5) is 5.69 Å². The maximum absolute atomic E-state index is 12.5. The highest BCUT2D eigenvalue weighted by atomic mass is 35.5. The zero-order valence-corrected chi connectivity index (χ0v) is 16.7. The Hall–Kier alpha value is -3.52. The van der Waals surface area contributed by atoms with Crippen LogP contribution in [-0.2, 0) is 4.79 Å². The fraction of sp³-hybridized carbons (Fsp3) is 0.150. The van der Waals surface area contributed by atoms with Crippen LogP contribution in [0.3, 0.4) is 0 Å². The van der Waals surface area contributed by atoms with Gasteiger partial charge in [0.2, 0.25) is 0 Å². The molecule has 0 spiro atoms. The van der Waals surface area contributed by atoms with Gasteiger partial charge in [0.1, 0.15) is 16.5 Å². The first-order valence-corrected chi connectivity index (χ1v) is 9.15. The topological polar surface area (TPSA) is 97.3 Å². The molecule has 0 unspecified atom stereocenters. The maximum Gasteiger partial charge on any atom is 0.274 e. The third-order valence-corrected chi connectivity index (χ3v) is 4.44. The van der Waals surface area contributed by atoms with E-state index in [2.05, 4.69) is 21.3 Å². The molecule has 0 aliphatic rings. The number of benzene rings is 2. The van der Waals surface area contributed by atoms with E-state index in [1.165, 1.54) is 4.68 Å². The van der Waals surface area contributed by atoms with Gasteiger partial charge in [-0.2, -0.15) is 5.10 Å². The lowest BCUT2D eigenvalue weighted by atomic mass is 10.2. The van der Waals surface area contributed by atoms with Crippen LogP contribution in [0.15, 0.2) is 54.6 Å². The standard InChI is InChI=1S/C20H20ClN5O3/c1-13-18(19(21)26(25-13)14-8-4-3-5-9-14)20(28)24-23-17(27)12-22-15-10-6-7-11-16(15)29-2/h3-11,22H,12H2,1-2H3,(H,23,27)(H,24,28). The summed E-state index contributed by atoms with van der Waals surface area (Å²) >= 11 is 6.35. The number of nitrogens with zero attached hydrogens (tertiary/aromatic N) is 2. The maximum atomic E-state index is 12.5. The van der Waals surface area contributed by atoms with Crippen molar-refractivity contribution >= 4 is 29.1 Å². The van der Waals surface area contributed by atoms with E-state index in [0.29, 0.717) is 17.1 Å². The van der Waals surface area contributed by atoms with Crippen LogP contribution in [-0.4, -0.2) is 35.2 Å². The molecule has 150 valence electrons. The van der Waals surface area contributed by atoms with Gasteiger partial charge in [0.05, 0.1) is 30.7 Å². The average molecular weight is 414 g/mol. The van der Waals surface area contributed by atoms with Crippen molar-refractivity contribution < 1.29 is 14.3 Å². The first-order chi connectivity index (χ1) is 14.0. The Morgan fingerprint density at radius 2 is 1.76 bits per heavy atom. The normalized spacial score (nSPS) is 10.3. The second-order valence-corrected chi connectivity index (χ2v) is 6.41. The second kappa shape index (κ2) is 9.11. The fourth-order valence-electron chi connectivity index (χ4n) is 2.70. The van der Waals surface area contributed by atoms with E-state index in [9.17, 15) is 9.59 Å². The molecule has 9 heteroatoms. The number of carbonyl (C=O) groups is 2. The molecule has 0 atom stereocenters. The number of para-hydroxylation sites is 3. The van der Waals surface area contributed by atoms with Crippen molar-refractivity contribution in [1.29, 1.82) is 0 Å². The van der Waals surface area contributed by atoms with Gasteiger partial charge in [-0.1, -0.05) is 41.9 Å². The summed E-state index contributed by atoms with van der Waals surface area (Å²) in [7, 11) is 1.54. The van der Waals surface area contributed by atoms with Crippen molar-refractivity contribution in [2.24, 2.45) is 0 Å². The molecule has 8 nitrogen and oxygen atoms in total. The predicted octanol–water partition coefficient (Wildman–Crippen LogP) is 2.72. The number of aryl methyl sites for hydroxylation is 1. The SMILES string of the molecule is COc1ccccc1NCC(=O)NNC(=O)c1c(C)nn(-c2ccccc2)c1Cl. The molecular formula is C20H20ClN5O3. The average Bonchev–Trinajstić information content (AvgIpc) is 3.05. The highest BCUT2D eigenvalue weighted by molar-refractivity contribution is 6.33. The van der Waals surface area contributed by atoms with Crippen molar-refractivity contribution in [2.75, 3.05) is 19.0 Å². The van der Waals surface area contributed by atoms with Crippen LogP contribution >= 0.6 is 11.6 Å². The van der Waals surface area contributed by atoms with Crippen molar-refractivity contribution in [3.8, 4) is 11.4 Å². The van der Waals surface area contributed by atoms with E-state index in [1.54, 1.807) is 26.2 Å². The third-order valence-electron chi connectivity index (χ3n) is 4.09. The summed E-state index contributed by atoms with van der Waals surface area (Å²) in [6.45, 7) is 1.61. The van der Waals surface area contributed by atoms with Gasteiger partial charge in [0.25, 0.3) is 11.8 Å². The largest absolute Gasteiger partial charge is 0.495 e. The zero-order chi connectivity index (χ0) is 20.8. The Balaban J connectivity index is 1.61. The van der Waals surface area contributed by atoms with Crippen LogP contribution in [0.2, 0.25) is 5.15 Å². The van der Waals surface area contributed by atoms with E-state index >= 15 is 0 Å². The Morgan fingerprint density at radius 3 is 2.48 bits per heavy atom. The zero-order valence-electron chi connectivity index (χ0n) is 15.9. The van der Waals surface area contributed by atoms with Crippen LogP contribution < -0.4 is 20.9 Å². The smallest absolute Gasteiger partial charge is 0.274 e. The van der Waals surface area contributed by atoms with Crippen LogP contribution in [0.1, 0.15) is 16.1 Å². The summed E-state index contributed by atoms with van der Waals surface area (Å²) in [5, 5.41) is 7.41. The number of anilines is 1. The summed E-state index contributed by atoms with van der Waals surface area (Å²) in [5.41, 5.74) is 6.74. The number of nitrogens with one attached hydrogen (secondary N) is 3. The minimum atomic E-state index is -0.555. The van der Waals surface area contributed by atoms with Crippen LogP contribution in [0.5, 0.6) is 5.75 Å². The molecule has 0 radical (unpaired) electrons. The number of hydrogen-bond acceptors (Lipinski definition) is 5. The minimum absolute atomic E-state index is 0.0589. The number of amides is 2. The summed E-state index contributed by atoms with van der Waals surface area (Å²) in [6, 6.07) is 16.4. The van der Waals surface area contributed by atoms with E-state index in [-0.39, 0.29) is 17.3 Å². The van der Waals surface area contributed by atoms with E-state index in [4.69, 9.17) is 16.3 Å². The Morgan fingerprint density at radius 1 is 1.07 bits per heavy atom. The highest BCUT2D eigenvalue weighted by Gasteiger charge is 2.21. The molecule has 3 N–H and O–H groups in total. The van der Waals surface area contributed by atoms with Gasteiger partial charge < -0.3 is 10.1 Å². The van der Waals surface area contributed by atoms with Gasteiger partial charge >= 0.3 is 0 Å². The van der Waals surface area contributed by atoms with Crippen molar-refractivity contribution in [3.05, 3.63) is 71.0 Å². The monoisotopic (exact) mass is 413 g/mol. The third kappa shape index (κ3) is 4.67. The molecule has 2 amide bonds. The van der Waals surface area contributed by atoms with Gasteiger partial charge in [-0.15, -0.1) is 0 Å². The molecular weight excluding hydrogens is 394 g/mol. The van der Waals surface area contributed by atoms with Gasteiger partial charge in [-0.3, -0.25) is 20.4 Å². The number of halogens is 1. The molecule has 0 aliphatic carbocycles. The van der Waals surface area contributed by atoms with Crippen LogP contribution in [0, 0.1) is 6.92 Å². The number of methoxy groups -OCH3 is 1. The molecule has 0 saturated carbocycles. The number of hydrazine groups is 1. The number of carbonyl (C=O) groups excluding carboxylic acids is 2. The lowest BCUT2D eigenvalue weighted by Gasteiger charge is -2.11. The quantitative estimate of drug-likeness (QED) is 0.540. The van der Waals surface area contributed by atoms with Crippen LogP contribution in [0.25, 0.3) is 5.69 Å². The van der Waals surface area contributed by atoms with Crippen molar-refractivity contribution in [2.45, 2.75) is 6.92 Å². The van der Waals surface area contributed by atoms with Crippen molar-refractivity contribution in [1.82, 2.24) is 20.6 Å². The van der Waals surface area contributed by atoms with Gasteiger partial charge in [0.15, 0.2) is 0 Å². The lowest BCUT2D eigenvalue weighted by Crippen LogP contribution is -2.44. The number of aromatic nitrogens is 2. The molecule has 0 saturated heterocycles. The number of ether oxygens (including phenoxy) is 1. The van der Waals surface area contributed by atoms with Crippen molar-refractivity contribution in [3.63, 3.8) is 0 Å². The molecule has 1 aromatic heterocycles.